The van der Waals surface area contributed by atoms with Gasteiger partial charge in [0.1, 0.15) is 0 Å². The summed E-state index contributed by atoms with van der Waals surface area (Å²) in [5.74, 6) is 0.0731. The first-order valence-electron chi connectivity index (χ1n) is 5.70. The fourth-order valence-electron chi connectivity index (χ4n) is 1.68. The van der Waals surface area contributed by atoms with E-state index in [1.807, 2.05) is 24.3 Å². The molecule has 0 spiro atoms. The maximum Gasteiger partial charge on any atom is 0.255 e. The molecule has 19 heavy (non-hydrogen) atoms. The summed E-state index contributed by atoms with van der Waals surface area (Å²) in [6.45, 7) is 0. The second-order valence-corrected chi connectivity index (χ2v) is 4.20. The first-order chi connectivity index (χ1) is 9.24. The number of amides is 1. The maximum atomic E-state index is 12.1. The van der Waals surface area contributed by atoms with Crippen molar-refractivity contribution < 1.29 is 4.79 Å². The molecule has 0 fully saturated rings. The maximum absolute atomic E-state index is 12.1. The van der Waals surface area contributed by atoms with Gasteiger partial charge in [0.2, 0.25) is 0 Å². The number of hydrogen-bond acceptors (Lipinski definition) is 2. The topological polar surface area (TPSA) is 52.9 Å². The van der Waals surface area contributed by atoms with Gasteiger partial charge in [0.25, 0.3) is 5.91 Å². The number of alkyl halides is 1. The molecule has 0 aliphatic heterocycles. The van der Waals surface area contributed by atoms with Gasteiger partial charge in [-0.15, -0.1) is 11.6 Å². The van der Waals surface area contributed by atoms with Crippen LogP contribution in [-0.2, 0) is 5.88 Å². The van der Waals surface area contributed by atoms with Crippen molar-refractivity contribution in [1.29, 1.82) is 5.26 Å². The fourth-order valence-corrected chi connectivity index (χ4v) is 1.92. The van der Waals surface area contributed by atoms with Crippen LogP contribution in [0.5, 0.6) is 0 Å². The van der Waals surface area contributed by atoms with Gasteiger partial charge in [-0.2, -0.15) is 5.26 Å². The summed E-state index contributed by atoms with van der Waals surface area (Å²) in [6.07, 6.45) is 0. The van der Waals surface area contributed by atoms with Gasteiger partial charge in [-0.05, 0) is 29.8 Å². The van der Waals surface area contributed by atoms with Gasteiger partial charge in [0.15, 0.2) is 0 Å². The molecule has 0 atom stereocenters. The summed E-state index contributed by atoms with van der Waals surface area (Å²) in [5.41, 5.74) is 2.44. The van der Waals surface area contributed by atoms with Crippen molar-refractivity contribution in [3.05, 3.63) is 65.2 Å². The number of carbonyl (C=O) groups is 1. The summed E-state index contributed by atoms with van der Waals surface area (Å²) in [7, 11) is 0. The Labute approximate surface area is 116 Å². The molecule has 0 saturated carbocycles. The molecular weight excluding hydrogens is 260 g/mol. The average molecular weight is 271 g/mol. The number of rotatable bonds is 3. The number of halogens is 1. The Morgan fingerprint density at radius 3 is 2.74 bits per heavy atom. The number of carbonyl (C=O) groups excluding carboxylic acids is 1. The third kappa shape index (κ3) is 3.12. The van der Waals surface area contributed by atoms with Crippen LogP contribution in [0, 0.1) is 11.3 Å². The van der Waals surface area contributed by atoms with E-state index in [0.717, 1.165) is 5.56 Å². The molecule has 0 bridgehead atoms. The van der Waals surface area contributed by atoms with E-state index in [1.165, 1.54) is 0 Å². The third-order valence-electron chi connectivity index (χ3n) is 2.66. The predicted molar refractivity (Wildman–Crippen MR) is 75.1 cm³/mol. The van der Waals surface area contributed by atoms with Crippen LogP contribution in [0.15, 0.2) is 48.5 Å². The van der Waals surface area contributed by atoms with Gasteiger partial charge < -0.3 is 5.32 Å². The summed E-state index contributed by atoms with van der Waals surface area (Å²) in [6, 6.07) is 15.9. The smallest absolute Gasteiger partial charge is 0.255 e. The average Bonchev–Trinajstić information content (AvgIpc) is 2.47. The molecule has 1 amide bonds. The standard InChI is InChI=1S/C15H11ClN2O/c16-9-13-5-1-2-7-14(13)18-15(19)12-6-3-4-11(8-12)10-17/h1-8H,9H2,(H,18,19). The normalized spacial score (nSPS) is 9.68. The zero-order valence-corrected chi connectivity index (χ0v) is 10.8. The van der Waals surface area contributed by atoms with E-state index in [4.69, 9.17) is 16.9 Å². The zero-order valence-electron chi connectivity index (χ0n) is 10.1. The lowest BCUT2D eigenvalue weighted by atomic mass is 10.1. The number of nitrogens with zero attached hydrogens (tertiary/aromatic N) is 1. The third-order valence-corrected chi connectivity index (χ3v) is 2.95. The van der Waals surface area contributed by atoms with Crippen molar-refractivity contribution in [3.8, 4) is 6.07 Å². The van der Waals surface area contributed by atoms with Crippen LogP contribution in [0.2, 0.25) is 0 Å². The van der Waals surface area contributed by atoms with Gasteiger partial charge in [-0.3, -0.25) is 4.79 Å². The van der Waals surface area contributed by atoms with E-state index in [-0.39, 0.29) is 5.91 Å². The van der Waals surface area contributed by atoms with E-state index in [9.17, 15) is 4.79 Å². The van der Waals surface area contributed by atoms with Crippen LogP contribution in [0.4, 0.5) is 5.69 Å². The molecule has 0 aliphatic carbocycles. The SMILES string of the molecule is N#Cc1cccc(C(=O)Nc2ccccc2CCl)c1. The minimum Gasteiger partial charge on any atom is -0.322 e. The lowest BCUT2D eigenvalue weighted by molar-refractivity contribution is 0.102. The second-order valence-electron chi connectivity index (χ2n) is 3.94. The van der Waals surface area contributed by atoms with Crippen LogP contribution in [-0.4, -0.2) is 5.91 Å². The lowest BCUT2D eigenvalue weighted by Crippen LogP contribution is -2.13. The van der Waals surface area contributed by atoms with Crippen molar-refractivity contribution in [2.75, 3.05) is 5.32 Å². The fraction of sp³-hybridized carbons (Fsp3) is 0.0667. The predicted octanol–water partition coefficient (Wildman–Crippen LogP) is 3.55. The minimum atomic E-state index is -0.255. The molecular formula is C15H11ClN2O. The molecule has 94 valence electrons. The van der Waals surface area contributed by atoms with E-state index in [2.05, 4.69) is 5.32 Å². The van der Waals surface area contributed by atoms with Crippen LogP contribution in [0.25, 0.3) is 0 Å². The quantitative estimate of drug-likeness (QED) is 0.867. The van der Waals surface area contributed by atoms with Crippen molar-refractivity contribution in [2.45, 2.75) is 5.88 Å². The molecule has 0 aromatic heterocycles. The van der Waals surface area contributed by atoms with E-state index in [1.54, 1.807) is 30.3 Å². The molecule has 2 aromatic rings. The summed E-state index contributed by atoms with van der Waals surface area (Å²) >= 11 is 5.81. The van der Waals surface area contributed by atoms with Crippen molar-refractivity contribution in [1.82, 2.24) is 0 Å². The largest absolute Gasteiger partial charge is 0.322 e. The molecule has 2 rings (SSSR count). The Kier molecular flexibility index (Phi) is 4.17. The number of anilines is 1. The van der Waals surface area contributed by atoms with Crippen LogP contribution in [0.3, 0.4) is 0 Å². The van der Waals surface area contributed by atoms with Gasteiger partial charge in [0, 0.05) is 17.1 Å². The number of nitriles is 1. The van der Waals surface area contributed by atoms with Gasteiger partial charge >= 0.3 is 0 Å². The molecule has 1 N–H and O–H groups in total. The summed E-state index contributed by atoms with van der Waals surface area (Å²) < 4.78 is 0. The molecule has 2 aromatic carbocycles. The Morgan fingerprint density at radius 1 is 1.21 bits per heavy atom. The molecule has 0 aliphatic rings. The van der Waals surface area contributed by atoms with E-state index < -0.39 is 0 Å². The monoisotopic (exact) mass is 270 g/mol. The van der Waals surface area contributed by atoms with Gasteiger partial charge in [-0.25, -0.2) is 0 Å². The molecule has 0 unspecified atom stereocenters. The van der Waals surface area contributed by atoms with Gasteiger partial charge in [0.05, 0.1) is 11.6 Å². The van der Waals surface area contributed by atoms with E-state index >= 15 is 0 Å². The highest BCUT2D eigenvalue weighted by Gasteiger charge is 2.08. The highest BCUT2D eigenvalue weighted by atomic mass is 35.5. The zero-order chi connectivity index (χ0) is 13.7. The minimum absolute atomic E-state index is 0.255. The Hall–Kier alpha value is -2.31. The first kappa shape index (κ1) is 13.1. The number of benzene rings is 2. The Morgan fingerprint density at radius 2 is 2.00 bits per heavy atom. The van der Waals surface area contributed by atoms with Crippen LogP contribution in [0.1, 0.15) is 21.5 Å². The summed E-state index contributed by atoms with van der Waals surface area (Å²) in [5, 5.41) is 11.6. The highest BCUT2D eigenvalue weighted by molar-refractivity contribution is 6.17. The number of hydrogen-bond donors (Lipinski definition) is 1. The van der Waals surface area contributed by atoms with E-state index in [0.29, 0.717) is 22.7 Å². The highest BCUT2D eigenvalue weighted by Crippen LogP contribution is 2.18. The Bertz CT molecular complexity index is 647. The second kappa shape index (κ2) is 6.03. The van der Waals surface area contributed by atoms with Crippen molar-refractivity contribution in [2.24, 2.45) is 0 Å². The molecule has 0 radical (unpaired) electrons. The van der Waals surface area contributed by atoms with Crippen LogP contribution < -0.4 is 5.32 Å². The molecule has 0 saturated heterocycles. The number of para-hydroxylation sites is 1. The molecule has 4 heteroatoms. The van der Waals surface area contributed by atoms with Crippen molar-refractivity contribution >= 4 is 23.2 Å². The van der Waals surface area contributed by atoms with Gasteiger partial charge in [-0.1, -0.05) is 24.3 Å². The molecule has 0 heterocycles. The van der Waals surface area contributed by atoms with Crippen molar-refractivity contribution in [3.63, 3.8) is 0 Å². The molecule has 3 nitrogen and oxygen atoms in total. The Balaban J connectivity index is 2.23. The first-order valence-corrected chi connectivity index (χ1v) is 6.23. The number of nitrogens with one attached hydrogen (secondary N) is 1. The lowest BCUT2D eigenvalue weighted by Gasteiger charge is -2.09. The summed E-state index contributed by atoms with van der Waals surface area (Å²) in [4.78, 5) is 12.1. The van der Waals surface area contributed by atoms with Crippen LogP contribution >= 0.6 is 11.6 Å².